The molecule has 0 bridgehead atoms. The summed E-state index contributed by atoms with van der Waals surface area (Å²) in [5, 5.41) is 7.68. The summed E-state index contributed by atoms with van der Waals surface area (Å²) in [7, 11) is 0. The zero-order chi connectivity index (χ0) is 82.8. The van der Waals surface area contributed by atoms with Crippen molar-refractivity contribution >= 4 is 65.3 Å². The highest BCUT2D eigenvalue weighted by Crippen LogP contribution is 2.60. The molecule has 1 nitrogen and oxygen atoms in total. The number of hydrogen-bond acceptors (Lipinski definition) is 1. The van der Waals surface area contributed by atoms with Gasteiger partial charge in [0.25, 0.3) is 0 Å². The first-order valence-corrected chi connectivity index (χ1v) is 43.7. The maximum Gasteiger partial charge on any atom is 0.0621 e. The third-order valence-corrected chi connectivity index (χ3v) is 27.9. The van der Waals surface area contributed by atoms with Gasteiger partial charge in [0.2, 0.25) is 0 Å². The number of rotatable bonds is 10. The second-order valence-corrected chi connectivity index (χ2v) is 36.4. The molecule has 0 atom stereocenters. The zero-order valence-corrected chi connectivity index (χ0v) is 71.7. The van der Waals surface area contributed by atoms with Crippen LogP contribution in [-0.4, -0.2) is 0 Å². The Balaban J connectivity index is 0.000000123. The standard InChI is InChI=1S/C58H45N.C31H23Br.C31H24/c1-57(2)51-22-14-13-21-48(51)49-34-32-46(37-53(49)57)59(45-30-27-41(28-31-45)39-17-9-6-10-18-39)56-47-20-12-11-19-44(47)36-54-55(56)50-33-29-43(35-52(50)58(54,3)4)42-25-23-40(24-26-42)38-15-7-5-8-16-38;1-31(2)27-18-23(22-14-12-21(13-15-22)20-8-4-3-5-9-20)16-17-26(27)29-28(31)19-24-10-6-7-11-25(24)30(29)32;1-31(2)29-20-26(23-14-12-22(13-15-23)21-8-4-3-5-9-21)16-17-27(29)28-18-24-10-6-7-11-25(24)19-30(28)31/h5-37H,1-4H3;3-19H,1-2H3;3-20H,1-2H3. The fourth-order valence-electron chi connectivity index (χ4n) is 20.3. The normalized spacial score (nSPS) is 13.9. The molecule has 23 rings (SSSR count). The maximum absolute atomic E-state index is 3.95. The molecule has 0 N–H and O–H groups in total. The van der Waals surface area contributed by atoms with E-state index in [9.17, 15) is 0 Å². The lowest BCUT2D eigenvalue weighted by Gasteiger charge is -2.32. The molecule has 19 aromatic rings. The van der Waals surface area contributed by atoms with Crippen molar-refractivity contribution in [3.8, 4) is 122 Å². The van der Waals surface area contributed by atoms with Gasteiger partial charge in [-0.15, -0.1) is 0 Å². The molecule has 0 amide bonds. The van der Waals surface area contributed by atoms with Crippen LogP contribution < -0.4 is 4.90 Å². The van der Waals surface area contributed by atoms with E-state index in [-0.39, 0.29) is 21.7 Å². The van der Waals surface area contributed by atoms with Crippen molar-refractivity contribution in [3.05, 3.63) is 461 Å². The second-order valence-electron chi connectivity index (χ2n) is 35.6. The van der Waals surface area contributed by atoms with Crippen molar-refractivity contribution in [1.29, 1.82) is 0 Å². The Kier molecular flexibility index (Phi) is 18.5. The molecule has 0 saturated heterocycles. The molecule has 0 saturated carbocycles. The molecule has 19 aromatic carbocycles. The average molecular weight is 1630 g/mol. The van der Waals surface area contributed by atoms with E-state index in [0.717, 1.165) is 11.4 Å². The molecule has 122 heavy (non-hydrogen) atoms. The minimum Gasteiger partial charge on any atom is -0.309 e. The lowest BCUT2D eigenvalue weighted by molar-refractivity contribution is 0.660. The van der Waals surface area contributed by atoms with E-state index < -0.39 is 0 Å². The van der Waals surface area contributed by atoms with E-state index in [0.29, 0.717) is 0 Å². The van der Waals surface area contributed by atoms with E-state index in [4.69, 9.17) is 0 Å². The topological polar surface area (TPSA) is 3.24 Å². The Morgan fingerprint density at radius 3 is 0.943 bits per heavy atom. The average Bonchev–Trinajstić information content (AvgIpc) is 1.55. The Labute approximate surface area is 725 Å². The lowest BCUT2D eigenvalue weighted by Crippen LogP contribution is -2.18. The van der Waals surface area contributed by atoms with Gasteiger partial charge in [0.15, 0.2) is 0 Å². The number of benzene rings is 19. The summed E-state index contributed by atoms with van der Waals surface area (Å²) in [6.07, 6.45) is 0. The smallest absolute Gasteiger partial charge is 0.0621 e. The van der Waals surface area contributed by atoms with Gasteiger partial charge < -0.3 is 4.90 Å². The van der Waals surface area contributed by atoms with Crippen molar-refractivity contribution in [2.75, 3.05) is 4.90 Å². The molecule has 4 aliphatic carbocycles. The van der Waals surface area contributed by atoms with E-state index in [1.54, 1.807) is 0 Å². The maximum atomic E-state index is 3.95. The third kappa shape index (κ3) is 12.9. The van der Waals surface area contributed by atoms with Crippen molar-refractivity contribution in [2.24, 2.45) is 0 Å². The molecule has 4 aliphatic rings. The summed E-state index contributed by atoms with van der Waals surface area (Å²) >= 11 is 3.95. The van der Waals surface area contributed by atoms with Gasteiger partial charge >= 0.3 is 0 Å². The molecule has 0 spiro atoms. The molecule has 0 unspecified atom stereocenters. The number of halogens is 1. The van der Waals surface area contributed by atoms with Crippen molar-refractivity contribution < 1.29 is 0 Å². The summed E-state index contributed by atoms with van der Waals surface area (Å²) in [6.45, 7) is 19.0. The lowest BCUT2D eigenvalue weighted by atomic mass is 9.80. The molecular formula is C120H92BrN. The zero-order valence-electron chi connectivity index (χ0n) is 70.1. The molecule has 0 radical (unpaired) electrons. The third-order valence-electron chi connectivity index (χ3n) is 27.1. The predicted molar refractivity (Wildman–Crippen MR) is 523 cm³/mol. The van der Waals surface area contributed by atoms with E-state index in [1.165, 1.54) is 209 Å². The van der Waals surface area contributed by atoms with Crippen molar-refractivity contribution in [2.45, 2.75) is 77.0 Å². The molecule has 584 valence electrons. The summed E-state index contributed by atoms with van der Waals surface area (Å²) in [5.74, 6) is 0. The van der Waals surface area contributed by atoms with Gasteiger partial charge in [0, 0.05) is 54.0 Å². The molecule has 0 aliphatic heterocycles. The van der Waals surface area contributed by atoms with Crippen LogP contribution in [0.1, 0.15) is 99.9 Å². The largest absolute Gasteiger partial charge is 0.309 e. The first kappa shape index (κ1) is 75.7. The summed E-state index contributed by atoms with van der Waals surface area (Å²) in [5.41, 5.74) is 42.4. The number of hydrogen-bond donors (Lipinski definition) is 0. The quantitative estimate of drug-likeness (QED) is 0.132. The Morgan fingerprint density at radius 2 is 0.459 bits per heavy atom. The van der Waals surface area contributed by atoms with Crippen LogP contribution in [0.4, 0.5) is 17.1 Å². The Hall–Kier alpha value is -13.8. The van der Waals surface area contributed by atoms with Gasteiger partial charge in [-0.25, -0.2) is 0 Å². The second kappa shape index (κ2) is 29.9. The minimum atomic E-state index is -0.228. The fourth-order valence-corrected chi connectivity index (χ4v) is 21.1. The van der Waals surface area contributed by atoms with Gasteiger partial charge in [-0.05, 0) is 265 Å². The molecule has 0 heterocycles. The summed E-state index contributed by atoms with van der Waals surface area (Å²) in [4.78, 5) is 2.55. The monoisotopic (exact) mass is 1630 g/mol. The number of fused-ring (bicyclic) bond motifs is 15. The SMILES string of the molecule is CC1(C)c2cc(-c3ccc(-c4ccccc4)cc3)ccc2-c2c1cc1ccccc1c2Br.CC1(C)c2cc(-c3ccc(-c4ccccc4)cc3)ccc2-c2cc3ccccc3cc21.CC1(C)c2ccccc2-c2ccc(N(c3ccc(-c4ccccc4)cc3)c3c4c(cc5ccccc35)C(C)(C)c3cc(-c5ccc(-c6ccccc6)cc5)ccc3-4)cc21. The van der Waals surface area contributed by atoms with E-state index >= 15 is 0 Å². The Bertz CT molecular complexity index is 7300. The summed E-state index contributed by atoms with van der Waals surface area (Å²) < 4.78 is 1.21. The fraction of sp³-hybridized carbons (Fsp3) is 0.100. The highest BCUT2D eigenvalue weighted by molar-refractivity contribution is 9.10. The van der Waals surface area contributed by atoms with Crippen molar-refractivity contribution in [1.82, 2.24) is 0 Å². The molecule has 0 aromatic heterocycles. The van der Waals surface area contributed by atoms with Crippen LogP contribution in [0.15, 0.2) is 417 Å². The predicted octanol–water partition coefficient (Wildman–Crippen LogP) is 33.6. The highest BCUT2D eigenvalue weighted by Gasteiger charge is 2.43. The van der Waals surface area contributed by atoms with Crippen LogP contribution in [0.3, 0.4) is 0 Å². The van der Waals surface area contributed by atoms with Crippen LogP contribution in [-0.2, 0) is 21.7 Å². The molecular weight excluding hydrogens is 1540 g/mol. The molecule has 2 heteroatoms. The number of nitrogens with zero attached hydrogens (tertiary/aromatic N) is 1. The van der Waals surface area contributed by atoms with Crippen LogP contribution in [0.5, 0.6) is 0 Å². The molecule has 0 fully saturated rings. The highest BCUT2D eigenvalue weighted by atomic mass is 79.9. The number of anilines is 3. The van der Waals surface area contributed by atoms with Crippen molar-refractivity contribution in [3.63, 3.8) is 0 Å². The Morgan fingerprint density at radius 1 is 0.180 bits per heavy atom. The van der Waals surface area contributed by atoms with Crippen LogP contribution >= 0.6 is 15.9 Å². The van der Waals surface area contributed by atoms with Gasteiger partial charge in [-0.3, -0.25) is 0 Å². The van der Waals surface area contributed by atoms with Crippen LogP contribution in [0, 0.1) is 0 Å². The summed E-state index contributed by atoms with van der Waals surface area (Å²) in [6, 6.07) is 152. The van der Waals surface area contributed by atoms with Gasteiger partial charge in [0.05, 0.1) is 5.69 Å². The van der Waals surface area contributed by atoms with E-state index in [2.05, 4.69) is 489 Å². The van der Waals surface area contributed by atoms with Crippen LogP contribution in [0.25, 0.3) is 155 Å². The first-order chi connectivity index (χ1) is 59.4. The van der Waals surface area contributed by atoms with Gasteiger partial charge in [-0.1, -0.05) is 401 Å². The van der Waals surface area contributed by atoms with Crippen LogP contribution in [0.2, 0.25) is 0 Å². The van der Waals surface area contributed by atoms with E-state index in [1.807, 2.05) is 0 Å². The first-order valence-electron chi connectivity index (χ1n) is 42.9. The minimum absolute atomic E-state index is 0.00527. The van der Waals surface area contributed by atoms with Gasteiger partial charge in [0.1, 0.15) is 0 Å². The van der Waals surface area contributed by atoms with Gasteiger partial charge in [-0.2, -0.15) is 0 Å².